The molecule has 1 aliphatic rings. The van der Waals surface area contributed by atoms with Crippen LogP contribution in [0.4, 0.5) is 4.39 Å². The number of rotatable bonds is 3. The van der Waals surface area contributed by atoms with E-state index in [1.165, 1.54) is 12.1 Å². The van der Waals surface area contributed by atoms with Crippen LogP contribution in [0, 0.1) is 5.82 Å². The zero-order valence-corrected chi connectivity index (χ0v) is 16.5. The van der Waals surface area contributed by atoms with Gasteiger partial charge in [0.05, 0.1) is 29.2 Å². The van der Waals surface area contributed by atoms with E-state index in [0.29, 0.717) is 35.3 Å². The average Bonchev–Trinajstić information content (AvgIpc) is 3.15. The average molecular weight is 433 g/mol. The van der Waals surface area contributed by atoms with Crippen molar-refractivity contribution in [2.45, 2.75) is 39.0 Å². The number of aliphatic hydroxyl groups is 1. The van der Waals surface area contributed by atoms with Crippen molar-refractivity contribution in [3.8, 4) is 0 Å². The third-order valence-corrected chi connectivity index (χ3v) is 5.02. The number of aromatic nitrogens is 4. The van der Waals surface area contributed by atoms with Gasteiger partial charge in [0, 0.05) is 22.8 Å². The monoisotopic (exact) mass is 432 g/mol. The van der Waals surface area contributed by atoms with Gasteiger partial charge in [-0.3, -0.25) is 14.0 Å². The highest BCUT2D eigenvalue weighted by molar-refractivity contribution is 9.10. The summed E-state index contributed by atoms with van der Waals surface area (Å²) in [6.07, 6.45) is 6.17. The van der Waals surface area contributed by atoms with Crippen LogP contribution in [0.25, 0.3) is 22.6 Å². The number of benzene rings is 1. The quantitative estimate of drug-likeness (QED) is 0.689. The van der Waals surface area contributed by atoms with E-state index in [1.807, 2.05) is 12.3 Å². The predicted molar refractivity (Wildman–Crippen MR) is 105 cm³/mol. The molecule has 8 heteroatoms. The van der Waals surface area contributed by atoms with E-state index in [-0.39, 0.29) is 10.9 Å². The zero-order valence-electron chi connectivity index (χ0n) is 14.9. The highest BCUT2D eigenvalue weighted by atomic mass is 79.9. The molecule has 3 heterocycles. The lowest BCUT2D eigenvalue weighted by Gasteiger charge is -2.16. The van der Waals surface area contributed by atoms with Crippen molar-refractivity contribution in [2.24, 2.45) is 0 Å². The lowest BCUT2D eigenvalue weighted by atomic mass is 10.1. The van der Waals surface area contributed by atoms with Crippen molar-refractivity contribution in [3.05, 3.63) is 56.6 Å². The summed E-state index contributed by atoms with van der Waals surface area (Å²) >= 11 is 3.30. The van der Waals surface area contributed by atoms with Crippen molar-refractivity contribution < 1.29 is 9.50 Å². The molecule has 0 aliphatic carbocycles. The van der Waals surface area contributed by atoms with Crippen LogP contribution in [0.1, 0.15) is 31.7 Å². The predicted octanol–water partition coefficient (Wildman–Crippen LogP) is 3.21. The van der Waals surface area contributed by atoms with Crippen LogP contribution in [-0.4, -0.2) is 30.0 Å². The van der Waals surface area contributed by atoms with Gasteiger partial charge in [-0.25, -0.2) is 9.37 Å². The van der Waals surface area contributed by atoms with Crippen LogP contribution in [0.5, 0.6) is 0 Å². The van der Waals surface area contributed by atoms with Crippen molar-refractivity contribution >= 4 is 38.5 Å². The van der Waals surface area contributed by atoms with Gasteiger partial charge >= 0.3 is 0 Å². The standard InChI is InChI=1S/C19H18BrFN4O2/c1-19(2,27)10-24-9-11(8-22-24)5-12-3-4-25-17(12)23-16-14(18(25)26)6-13(21)7-15(16)20/h5-9,27H,3-4,10H2,1-2H3. The highest BCUT2D eigenvalue weighted by Gasteiger charge is 2.22. The number of hydrogen-bond acceptors (Lipinski definition) is 4. The van der Waals surface area contributed by atoms with Gasteiger partial charge in [0.25, 0.3) is 5.56 Å². The molecule has 3 aromatic rings. The van der Waals surface area contributed by atoms with Gasteiger partial charge in [0.15, 0.2) is 0 Å². The van der Waals surface area contributed by atoms with Gasteiger partial charge in [0.2, 0.25) is 0 Å². The van der Waals surface area contributed by atoms with Crippen molar-refractivity contribution in [3.63, 3.8) is 0 Å². The first-order valence-electron chi connectivity index (χ1n) is 8.57. The largest absolute Gasteiger partial charge is 0.389 e. The Morgan fingerprint density at radius 1 is 1.41 bits per heavy atom. The molecule has 0 unspecified atom stereocenters. The molecule has 27 heavy (non-hydrogen) atoms. The molecule has 4 rings (SSSR count). The summed E-state index contributed by atoms with van der Waals surface area (Å²) in [5.74, 6) is 0.122. The SMILES string of the molecule is CC(C)(O)Cn1cc(C=C2CCn3c2nc2c(Br)cc(F)cc2c3=O)cn1. The molecule has 0 atom stereocenters. The van der Waals surface area contributed by atoms with E-state index in [9.17, 15) is 14.3 Å². The van der Waals surface area contributed by atoms with Crippen LogP contribution in [0.15, 0.2) is 33.8 Å². The van der Waals surface area contributed by atoms with E-state index < -0.39 is 11.4 Å². The number of nitrogens with zero attached hydrogens (tertiary/aromatic N) is 4. The summed E-state index contributed by atoms with van der Waals surface area (Å²) in [6.45, 7) is 4.34. The number of halogens is 2. The van der Waals surface area contributed by atoms with Gasteiger partial charge in [-0.1, -0.05) is 0 Å². The summed E-state index contributed by atoms with van der Waals surface area (Å²) in [6, 6.07) is 2.54. The molecular weight excluding hydrogens is 415 g/mol. The molecule has 0 bridgehead atoms. The summed E-state index contributed by atoms with van der Waals surface area (Å²) in [5, 5.41) is 14.4. The van der Waals surface area contributed by atoms with Crippen LogP contribution >= 0.6 is 15.9 Å². The summed E-state index contributed by atoms with van der Waals surface area (Å²) < 4.78 is 17.4. The van der Waals surface area contributed by atoms with Crippen LogP contribution < -0.4 is 5.56 Å². The summed E-state index contributed by atoms with van der Waals surface area (Å²) in [5.41, 5.74) is 1.16. The van der Waals surface area contributed by atoms with E-state index in [1.54, 1.807) is 29.3 Å². The lowest BCUT2D eigenvalue weighted by molar-refractivity contribution is 0.0577. The second-order valence-electron chi connectivity index (χ2n) is 7.38. The third kappa shape index (κ3) is 3.46. The molecule has 0 spiro atoms. The first-order valence-corrected chi connectivity index (χ1v) is 9.36. The van der Waals surface area contributed by atoms with E-state index in [4.69, 9.17) is 0 Å². The number of hydrogen-bond donors (Lipinski definition) is 1. The Labute approximate surface area is 163 Å². The molecule has 1 aromatic carbocycles. The fourth-order valence-electron chi connectivity index (χ4n) is 3.32. The second kappa shape index (κ2) is 6.38. The molecule has 2 aromatic heterocycles. The maximum Gasteiger partial charge on any atom is 0.261 e. The van der Waals surface area contributed by atoms with Crippen LogP contribution in [0.3, 0.4) is 0 Å². The fourth-order valence-corrected chi connectivity index (χ4v) is 3.84. The molecule has 0 fully saturated rings. The maximum atomic E-state index is 13.7. The van der Waals surface area contributed by atoms with Crippen molar-refractivity contribution in [1.29, 1.82) is 0 Å². The van der Waals surface area contributed by atoms with Crippen LogP contribution in [0.2, 0.25) is 0 Å². The summed E-state index contributed by atoms with van der Waals surface area (Å²) in [7, 11) is 0. The van der Waals surface area contributed by atoms with E-state index in [0.717, 1.165) is 11.1 Å². The van der Waals surface area contributed by atoms with Crippen molar-refractivity contribution in [1.82, 2.24) is 19.3 Å². The van der Waals surface area contributed by atoms with Gasteiger partial charge in [-0.2, -0.15) is 5.10 Å². The molecule has 0 amide bonds. The Morgan fingerprint density at radius 2 is 2.19 bits per heavy atom. The number of fused-ring (bicyclic) bond motifs is 2. The summed E-state index contributed by atoms with van der Waals surface area (Å²) in [4.78, 5) is 17.4. The highest BCUT2D eigenvalue weighted by Crippen LogP contribution is 2.30. The van der Waals surface area contributed by atoms with Crippen molar-refractivity contribution in [2.75, 3.05) is 0 Å². The van der Waals surface area contributed by atoms with Crippen LogP contribution in [-0.2, 0) is 13.1 Å². The van der Waals surface area contributed by atoms with Gasteiger partial charge < -0.3 is 5.11 Å². The smallest absolute Gasteiger partial charge is 0.261 e. The first kappa shape index (κ1) is 18.1. The Balaban J connectivity index is 1.77. The Bertz CT molecular complexity index is 1140. The van der Waals surface area contributed by atoms with E-state index >= 15 is 0 Å². The van der Waals surface area contributed by atoms with E-state index in [2.05, 4.69) is 26.0 Å². The van der Waals surface area contributed by atoms with Gasteiger partial charge in [0.1, 0.15) is 11.6 Å². The Hall–Kier alpha value is -2.32. The zero-order chi connectivity index (χ0) is 19.3. The fraction of sp³-hybridized carbons (Fsp3) is 0.316. The minimum Gasteiger partial charge on any atom is -0.389 e. The molecular formula is C19H18BrFN4O2. The molecule has 1 aliphatic heterocycles. The third-order valence-electron chi connectivity index (χ3n) is 4.41. The molecule has 140 valence electrons. The van der Waals surface area contributed by atoms with Gasteiger partial charge in [-0.15, -0.1) is 0 Å². The topological polar surface area (TPSA) is 72.9 Å². The van der Waals surface area contributed by atoms with Gasteiger partial charge in [-0.05, 0) is 60.0 Å². The normalized spacial score (nSPS) is 15.7. The molecule has 0 radical (unpaired) electrons. The number of allylic oxidation sites excluding steroid dienone is 1. The maximum absolute atomic E-state index is 13.7. The lowest BCUT2D eigenvalue weighted by Crippen LogP contribution is -2.26. The molecule has 6 nitrogen and oxygen atoms in total. The Kier molecular flexibility index (Phi) is 4.27. The molecule has 0 saturated carbocycles. The molecule has 1 N–H and O–H groups in total. The minimum absolute atomic E-state index is 0.240. The molecule has 0 saturated heterocycles. The second-order valence-corrected chi connectivity index (χ2v) is 8.23. The minimum atomic E-state index is -0.855. The Morgan fingerprint density at radius 3 is 2.93 bits per heavy atom. The first-order chi connectivity index (χ1) is 12.7.